The number of likely N-dealkylation sites (N-methyl/N-ethyl adjacent to an activating group) is 1. The number of rotatable bonds is 6. The minimum atomic E-state index is 0.00944. The Morgan fingerprint density at radius 3 is 3.00 bits per heavy atom. The molecule has 0 unspecified atom stereocenters. The molecule has 0 bridgehead atoms. The molecule has 2 N–H and O–H groups in total. The molecule has 0 radical (unpaired) electrons. The number of phenolic OH excluding ortho intramolecular Hbond substituents is 1. The Bertz CT molecular complexity index is 391. The lowest BCUT2D eigenvalue weighted by Crippen LogP contribution is -2.35. The highest BCUT2D eigenvalue weighted by Gasteiger charge is 2.08. The van der Waals surface area contributed by atoms with Gasteiger partial charge in [-0.1, -0.05) is 18.2 Å². The lowest BCUT2D eigenvalue weighted by molar-refractivity contribution is -0.129. The van der Waals surface area contributed by atoms with Crippen LogP contribution in [0.25, 0.3) is 0 Å². The molecule has 0 aromatic heterocycles. The van der Waals surface area contributed by atoms with E-state index in [1.54, 1.807) is 36.2 Å². The number of hydrogen-bond donors (Lipinski definition) is 2. The van der Waals surface area contributed by atoms with E-state index in [0.29, 0.717) is 19.6 Å². The summed E-state index contributed by atoms with van der Waals surface area (Å²) in [5.41, 5.74) is 0.907. The van der Waals surface area contributed by atoms with Crippen molar-refractivity contribution in [2.75, 3.05) is 20.1 Å². The molecular weight excluding hydrogens is 216 g/mol. The van der Waals surface area contributed by atoms with Crippen LogP contribution in [0.1, 0.15) is 5.56 Å². The summed E-state index contributed by atoms with van der Waals surface area (Å²) in [5, 5.41) is 12.3. The van der Waals surface area contributed by atoms with Gasteiger partial charge in [-0.05, 0) is 17.7 Å². The van der Waals surface area contributed by atoms with Crippen molar-refractivity contribution in [2.24, 2.45) is 0 Å². The topological polar surface area (TPSA) is 52.6 Å². The number of nitrogens with zero attached hydrogens (tertiary/aromatic N) is 1. The van der Waals surface area contributed by atoms with E-state index in [4.69, 9.17) is 0 Å². The molecule has 1 aromatic rings. The average Bonchev–Trinajstić information content (AvgIpc) is 2.29. The summed E-state index contributed by atoms with van der Waals surface area (Å²) in [6.45, 7) is 4.96. The Labute approximate surface area is 102 Å². The third-order valence-electron chi connectivity index (χ3n) is 2.32. The highest BCUT2D eigenvalue weighted by atomic mass is 16.3. The Hall–Kier alpha value is -1.81. The first-order chi connectivity index (χ1) is 8.13. The monoisotopic (exact) mass is 234 g/mol. The van der Waals surface area contributed by atoms with Gasteiger partial charge in [-0.2, -0.15) is 0 Å². The molecule has 0 saturated heterocycles. The predicted molar refractivity (Wildman–Crippen MR) is 67.6 cm³/mol. The number of carbonyl (C=O) groups is 1. The van der Waals surface area contributed by atoms with Gasteiger partial charge in [0, 0.05) is 20.1 Å². The Balaban J connectivity index is 2.45. The van der Waals surface area contributed by atoms with Crippen LogP contribution >= 0.6 is 0 Å². The molecule has 92 valence electrons. The molecule has 1 amide bonds. The van der Waals surface area contributed by atoms with E-state index >= 15 is 0 Å². The van der Waals surface area contributed by atoms with Crippen LogP contribution < -0.4 is 5.32 Å². The van der Waals surface area contributed by atoms with Gasteiger partial charge in [0.1, 0.15) is 5.75 Å². The summed E-state index contributed by atoms with van der Waals surface area (Å²) in [4.78, 5) is 13.3. The molecule has 0 fully saturated rings. The van der Waals surface area contributed by atoms with Gasteiger partial charge in [-0.15, -0.1) is 6.58 Å². The lowest BCUT2D eigenvalue weighted by Gasteiger charge is -2.17. The molecular formula is C13H18N2O2. The summed E-state index contributed by atoms with van der Waals surface area (Å²) < 4.78 is 0. The van der Waals surface area contributed by atoms with Gasteiger partial charge >= 0.3 is 0 Å². The largest absolute Gasteiger partial charge is 0.508 e. The molecule has 0 atom stereocenters. The van der Waals surface area contributed by atoms with Crippen molar-refractivity contribution in [3.8, 4) is 5.75 Å². The van der Waals surface area contributed by atoms with Crippen LogP contribution in [0.4, 0.5) is 0 Å². The van der Waals surface area contributed by atoms with Crippen LogP contribution in [0.5, 0.6) is 5.75 Å². The van der Waals surface area contributed by atoms with Crippen molar-refractivity contribution >= 4 is 5.91 Å². The first kappa shape index (κ1) is 13.3. The molecule has 0 heterocycles. The van der Waals surface area contributed by atoms with Crippen molar-refractivity contribution in [1.29, 1.82) is 0 Å². The third kappa shape index (κ3) is 4.70. The number of phenols is 1. The molecule has 1 aromatic carbocycles. The number of amides is 1. The zero-order chi connectivity index (χ0) is 12.7. The van der Waals surface area contributed by atoms with E-state index in [2.05, 4.69) is 11.9 Å². The first-order valence-electron chi connectivity index (χ1n) is 5.47. The third-order valence-corrected chi connectivity index (χ3v) is 2.32. The quantitative estimate of drug-likeness (QED) is 0.573. The number of benzene rings is 1. The van der Waals surface area contributed by atoms with Gasteiger partial charge in [-0.3, -0.25) is 4.79 Å². The molecule has 0 aliphatic rings. The number of hydrogen-bond acceptors (Lipinski definition) is 3. The molecule has 0 aliphatic carbocycles. The second kappa shape index (κ2) is 6.70. The number of nitrogens with one attached hydrogen (secondary N) is 1. The molecule has 4 heteroatoms. The van der Waals surface area contributed by atoms with Crippen molar-refractivity contribution in [1.82, 2.24) is 10.2 Å². The van der Waals surface area contributed by atoms with E-state index in [0.717, 1.165) is 5.56 Å². The van der Waals surface area contributed by atoms with Crippen LogP contribution in [0.3, 0.4) is 0 Å². The van der Waals surface area contributed by atoms with E-state index in [1.807, 2.05) is 6.07 Å². The SMILES string of the molecule is C=CCNCC(=O)N(C)Cc1cccc(O)c1. The summed E-state index contributed by atoms with van der Waals surface area (Å²) >= 11 is 0. The number of aromatic hydroxyl groups is 1. The van der Waals surface area contributed by atoms with Gasteiger partial charge < -0.3 is 15.3 Å². The zero-order valence-electron chi connectivity index (χ0n) is 10.0. The minimum Gasteiger partial charge on any atom is -0.508 e. The van der Waals surface area contributed by atoms with Crippen LogP contribution in [0, 0.1) is 0 Å². The fourth-order valence-corrected chi connectivity index (χ4v) is 1.43. The van der Waals surface area contributed by atoms with Crippen LogP contribution in [-0.2, 0) is 11.3 Å². The summed E-state index contributed by atoms with van der Waals surface area (Å²) in [6, 6.07) is 6.90. The van der Waals surface area contributed by atoms with Gasteiger partial charge in [0.05, 0.1) is 6.54 Å². The second-order valence-corrected chi connectivity index (χ2v) is 3.84. The van der Waals surface area contributed by atoms with Crippen LogP contribution in [-0.4, -0.2) is 36.1 Å². The lowest BCUT2D eigenvalue weighted by atomic mass is 10.2. The van der Waals surface area contributed by atoms with Crippen molar-refractivity contribution in [3.63, 3.8) is 0 Å². The highest BCUT2D eigenvalue weighted by molar-refractivity contribution is 5.77. The summed E-state index contributed by atoms with van der Waals surface area (Å²) in [5.74, 6) is 0.225. The van der Waals surface area contributed by atoms with Gasteiger partial charge in [0.15, 0.2) is 0 Å². The molecule has 0 aliphatic heterocycles. The molecule has 0 spiro atoms. The Kier molecular flexibility index (Phi) is 5.23. The van der Waals surface area contributed by atoms with Gasteiger partial charge in [0.25, 0.3) is 0 Å². The first-order valence-corrected chi connectivity index (χ1v) is 5.47. The molecule has 4 nitrogen and oxygen atoms in total. The van der Waals surface area contributed by atoms with E-state index in [-0.39, 0.29) is 11.7 Å². The standard InChI is InChI=1S/C13H18N2O2/c1-3-7-14-9-13(17)15(2)10-11-5-4-6-12(16)8-11/h3-6,8,14,16H,1,7,9-10H2,2H3. The minimum absolute atomic E-state index is 0.00944. The predicted octanol–water partition coefficient (Wildman–Crippen LogP) is 1.13. The van der Waals surface area contributed by atoms with Crippen molar-refractivity contribution in [2.45, 2.75) is 6.54 Å². The fraction of sp³-hybridized carbons (Fsp3) is 0.308. The van der Waals surface area contributed by atoms with Crippen LogP contribution in [0.2, 0.25) is 0 Å². The van der Waals surface area contributed by atoms with Crippen LogP contribution in [0.15, 0.2) is 36.9 Å². The van der Waals surface area contributed by atoms with Crippen molar-refractivity contribution in [3.05, 3.63) is 42.5 Å². The van der Waals surface area contributed by atoms with Gasteiger partial charge in [0.2, 0.25) is 5.91 Å². The smallest absolute Gasteiger partial charge is 0.236 e. The fourth-order valence-electron chi connectivity index (χ4n) is 1.43. The number of carbonyl (C=O) groups excluding carboxylic acids is 1. The van der Waals surface area contributed by atoms with E-state index in [9.17, 15) is 9.90 Å². The summed E-state index contributed by atoms with van der Waals surface area (Å²) in [7, 11) is 1.74. The van der Waals surface area contributed by atoms with E-state index < -0.39 is 0 Å². The van der Waals surface area contributed by atoms with E-state index in [1.165, 1.54) is 0 Å². The zero-order valence-corrected chi connectivity index (χ0v) is 10.0. The highest BCUT2D eigenvalue weighted by Crippen LogP contribution is 2.12. The normalized spacial score (nSPS) is 9.94. The molecule has 17 heavy (non-hydrogen) atoms. The van der Waals surface area contributed by atoms with Gasteiger partial charge in [-0.25, -0.2) is 0 Å². The Morgan fingerprint density at radius 2 is 2.35 bits per heavy atom. The summed E-state index contributed by atoms with van der Waals surface area (Å²) in [6.07, 6.45) is 1.71. The second-order valence-electron chi connectivity index (χ2n) is 3.84. The maximum Gasteiger partial charge on any atom is 0.236 e. The average molecular weight is 234 g/mol. The molecule has 1 rings (SSSR count). The molecule has 0 saturated carbocycles. The Morgan fingerprint density at radius 1 is 1.59 bits per heavy atom. The maximum atomic E-state index is 11.7. The maximum absolute atomic E-state index is 11.7. The van der Waals surface area contributed by atoms with Crippen molar-refractivity contribution < 1.29 is 9.90 Å².